The van der Waals surface area contributed by atoms with Gasteiger partial charge in [0, 0.05) is 24.7 Å². The Morgan fingerprint density at radius 1 is 1.36 bits per heavy atom. The van der Waals surface area contributed by atoms with Crippen LogP contribution in [0.2, 0.25) is 0 Å². The molecular weight excluding hydrogens is 284 g/mol. The maximum absolute atomic E-state index is 11.7. The van der Waals surface area contributed by atoms with Crippen LogP contribution in [0.3, 0.4) is 0 Å². The van der Waals surface area contributed by atoms with Crippen molar-refractivity contribution >= 4 is 6.09 Å². The summed E-state index contributed by atoms with van der Waals surface area (Å²) in [5, 5.41) is 6.09. The highest BCUT2D eigenvalue weighted by atomic mass is 16.7. The average Bonchev–Trinajstić information content (AvgIpc) is 2.85. The van der Waals surface area contributed by atoms with E-state index < -0.39 is 11.7 Å². The Morgan fingerprint density at radius 3 is 2.86 bits per heavy atom. The maximum Gasteiger partial charge on any atom is 0.407 e. The van der Waals surface area contributed by atoms with Crippen LogP contribution in [0.25, 0.3) is 0 Å². The molecular formula is C16H24N2O4. The molecule has 0 radical (unpaired) electrons. The van der Waals surface area contributed by atoms with Crippen LogP contribution in [0.15, 0.2) is 18.2 Å². The van der Waals surface area contributed by atoms with Gasteiger partial charge in [0.05, 0.1) is 0 Å². The summed E-state index contributed by atoms with van der Waals surface area (Å²) in [7, 11) is 0. The van der Waals surface area contributed by atoms with Crippen molar-refractivity contribution in [2.75, 3.05) is 13.3 Å². The lowest BCUT2D eigenvalue weighted by Gasteiger charge is -2.22. The number of ether oxygens (including phenoxy) is 3. The van der Waals surface area contributed by atoms with Gasteiger partial charge in [-0.3, -0.25) is 0 Å². The van der Waals surface area contributed by atoms with Crippen molar-refractivity contribution in [3.05, 3.63) is 23.8 Å². The van der Waals surface area contributed by atoms with Crippen molar-refractivity contribution in [2.45, 2.75) is 45.9 Å². The minimum absolute atomic E-state index is 0.0382. The normalized spacial score (nSPS) is 14.5. The van der Waals surface area contributed by atoms with E-state index in [1.807, 2.05) is 45.9 Å². The average molecular weight is 308 g/mol. The summed E-state index contributed by atoms with van der Waals surface area (Å²) < 4.78 is 16.0. The van der Waals surface area contributed by atoms with Gasteiger partial charge in [-0.05, 0) is 33.8 Å². The van der Waals surface area contributed by atoms with Gasteiger partial charge in [-0.1, -0.05) is 12.1 Å². The SMILES string of the molecule is CC(CNCc1cccc2c1OCO2)NC(=O)OC(C)(C)C. The number of hydrogen-bond acceptors (Lipinski definition) is 5. The third-order valence-electron chi connectivity index (χ3n) is 3.01. The molecule has 0 saturated carbocycles. The summed E-state index contributed by atoms with van der Waals surface area (Å²) in [6.07, 6.45) is -0.404. The highest BCUT2D eigenvalue weighted by Gasteiger charge is 2.18. The number of fused-ring (bicyclic) bond motifs is 1. The number of rotatable bonds is 5. The summed E-state index contributed by atoms with van der Waals surface area (Å²) >= 11 is 0. The lowest BCUT2D eigenvalue weighted by atomic mass is 10.2. The van der Waals surface area contributed by atoms with Crippen LogP contribution in [0.5, 0.6) is 11.5 Å². The van der Waals surface area contributed by atoms with Crippen molar-refractivity contribution < 1.29 is 19.0 Å². The van der Waals surface area contributed by atoms with E-state index in [0.29, 0.717) is 13.1 Å². The van der Waals surface area contributed by atoms with E-state index in [2.05, 4.69) is 10.6 Å². The Hall–Kier alpha value is -1.95. The molecule has 0 aliphatic carbocycles. The summed E-state index contributed by atoms with van der Waals surface area (Å²) in [5.74, 6) is 1.57. The molecule has 0 spiro atoms. The molecule has 1 heterocycles. The second-order valence-electron chi connectivity index (χ2n) is 6.33. The first-order valence-corrected chi connectivity index (χ1v) is 7.43. The molecule has 0 aromatic heterocycles. The van der Waals surface area contributed by atoms with Crippen molar-refractivity contribution in [1.82, 2.24) is 10.6 Å². The number of hydrogen-bond donors (Lipinski definition) is 2. The van der Waals surface area contributed by atoms with Gasteiger partial charge in [-0.2, -0.15) is 0 Å². The van der Waals surface area contributed by atoms with Gasteiger partial charge in [-0.15, -0.1) is 0 Å². The van der Waals surface area contributed by atoms with E-state index in [1.165, 1.54) is 0 Å². The van der Waals surface area contributed by atoms with E-state index in [1.54, 1.807) is 0 Å². The molecule has 6 heteroatoms. The fraction of sp³-hybridized carbons (Fsp3) is 0.562. The highest BCUT2D eigenvalue weighted by molar-refractivity contribution is 5.68. The Morgan fingerprint density at radius 2 is 2.14 bits per heavy atom. The lowest BCUT2D eigenvalue weighted by molar-refractivity contribution is 0.0508. The summed E-state index contributed by atoms with van der Waals surface area (Å²) in [6, 6.07) is 5.78. The Labute approximate surface area is 131 Å². The zero-order valence-corrected chi connectivity index (χ0v) is 13.6. The molecule has 2 rings (SSSR count). The highest BCUT2D eigenvalue weighted by Crippen LogP contribution is 2.35. The summed E-state index contributed by atoms with van der Waals surface area (Å²) in [4.78, 5) is 11.7. The van der Waals surface area contributed by atoms with Crippen molar-refractivity contribution in [1.29, 1.82) is 0 Å². The molecule has 1 aromatic rings. The van der Waals surface area contributed by atoms with Crippen molar-refractivity contribution in [3.8, 4) is 11.5 Å². The van der Waals surface area contributed by atoms with Gasteiger partial charge in [0.25, 0.3) is 0 Å². The second-order valence-corrected chi connectivity index (χ2v) is 6.33. The number of para-hydroxylation sites is 1. The minimum Gasteiger partial charge on any atom is -0.454 e. The molecule has 22 heavy (non-hydrogen) atoms. The van der Waals surface area contributed by atoms with Crippen LogP contribution < -0.4 is 20.1 Å². The predicted molar refractivity (Wildman–Crippen MR) is 83.1 cm³/mol. The third-order valence-corrected chi connectivity index (χ3v) is 3.01. The van der Waals surface area contributed by atoms with Crippen LogP contribution in [0.1, 0.15) is 33.3 Å². The largest absolute Gasteiger partial charge is 0.454 e. The smallest absolute Gasteiger partial charge is 0.407 e. The third kappa shape index (κ3) is 4.80. The monoisotopic (exact) mass is 308 g/mol. The van der Waals surface area contributed by atoms with Gasteiger partial charge in [0.2, 0.25) is 6.79 Å². The molecule has 0 saturated heterocycles. The first-order valence-electron chi connectivity index (χ1n) is 7.43. The zero-order valence-electron chi connectivity index (χ0n) is 13.6. The molecule has 2 N–H and O–H groups in total. The van der Waals surface area contributed by atoms with Gasteiger partial charge in [0.15, 0.2) is 11.5 Å². The molecule has 1 amide bonds. The molecule has 0 fully saturated rings. The molecule has 122 valence electrons. The first kappa shape index (κ1) is 16.4. The topological polar surface area (TPSA) is 68.8 Å². The Kier molecular flexibility index (Phi) is 5.13. The van der Waals surface area contributed by atoms with Gasteiger partial charge in [-0.25, -0.2) is 4.79 Å². The Balaban J connectivity index is 1.75. The van der Waals surface area contributed by atoms with E-state index in [0.717, 1.165) is 17.1 Å². The standard InChI is InChI=1S/C16H24N2O4/c1-11(18-15(19)22-16(2,3)4)8-17-9-12-6-5-7-13-14(12)21-10-20-13/h5-7,11,17H,8-10H2,1-4H3,(H,18,19). The van der Waals surface area contributed by atoms with Gasteiger partial charge >= 0.3 is 6.09 Å². The quantitative estimate of drug-likeness (QED) is 0.874. The number of carbonyl (C=O) groups is 1. The van der Waals surface area contributed by atoms with Crippen molar-refractivity contribution in [3.63, 3.8) is 0 Å². The van der Waals surface area contributed by atoms with Crippen LogP contribution >= 0.6 is 0 Å². The molecule has 0 bridgehead atoms. The second kappa shape index (κ2) is 6.87. The summed E-state index contributed by atoms with van der Waals surface area (Å²) in [6.45, 7) is 8.99. The molecule has 1 atom stereocenters. The predicted octanol–water partition coefficient (Wildman–Crippen LogP) is 2.42. The number of carbonyl (C=O) groups excluding carboxylic acids is 1. The molecule has 1 aliphatic rings. The summed E-state index contributed by atoms with van der Waals surface area (Å²) in [5.41, 5.74) is 0.554. The van der Waals surface area contributed by atoms with Crippen molar-refractivity contribution in [2.24, 2.45) is 0 Å². The Bertz CT molecular complexity index is 525. The lowest BCUT2D eigenvalue weighted by Crippen LogP contribution is -2.42. The van der Waals surface area contributed by atoms with E-state index in [9.17, 15) is 4.79 Å². The fourth-order valence-corrected chi connectivity index (χ4v) is 2.11. The van der Waals surface area contributed by atoms with E-state index in [4.69, 9.17) is 14.2 Å². The zero-order chi connectivity index (χ0) is 16.2. The van der Waals surface area contributed by atoms with E-state index in [-0.39, 0.29) is 12.8 Å². The number of nitrogens with one attached hydrogen (secondary N) is 2. The van der Waals surface area contributed by atoms with Crippen LogP contribution in [-0.2, 0) is 11.3 Å². The number of benzene rings is 1. The molecule has 1 unspecified atom stereocenters. The van der Waals surface area contributed by atoms with Gasteiger partial charge in [0.1, 0.15) is 5.60 Å². The first-order chi connectivity index (χ1) is 10.3. The van der Waals surface area contributed by atoms with E-state index >= 15 is 0 Å². The molecule has 6 nitrogen and oxygen atoms in total. The molecule has 1 aromatic carbocycles. The molecule has 1 aliphatic heterocycles. The number of alkyl carbamates (subject to hydrolysis) is 1. The van der Waals surface area contributed by atoms with Crippen LogP contribution in [0.4, 0.5) is 4.79 Å². The van der Waals surface area contributed by atoms with Crippen LogP contribution in [0, 0.1) is 0 Å². The fourth-order valence-electron chi connectivity index (χ4n) is 2.11. The maximum atomic E-state index is 11.7. The minimum atomic E-state index is -0.487. The number of amides is 1. The van der Waals surface area contributed by atoms with Crippen LogP contribution in [-0.4, -0.2) is 31.1 Å². The van der Waals surface area contributed by atoms with Gasteiger partial charge < -0.3 is 24.8 Å².